The number of carbonyl (C=O) groups excluding carboxylic acids is 1. The number of phenolic OH excluding ortho intramolecular Hbond substituents is 2. The molecule has 24 heavy (non-hydrogen) atoms. The van der Waals surface area contributed by atoms with E-state index in [9.17, 15) is 19.4 Å². The van der Waals surface area contributed by atoms with E-state index < -0.39 is 5.41 Å². The lowest BCUT2D eigenvalue weighted by Gasteiger charge is -2.21. The molecule has 1 aliphatic rings. The zero-order valence-corrected chi connectivity index (χ0v) is 13.6. The molecule has 126 valence electrons. The van der Waals surface area contributed by atoms with Gasteiger partial charge in [-0.1, -0.05) is 32.0 Å². The minimum atomic E-state index is -0.898. The van der Waals surface area contributed by atoms with Gasteiger partial charge >= 0.3 is 0 Å². The third kappa shape index (κ3) is 2.50. The molecule has 0 unspecified atom stereocenters. The van der Waals surface area contributed by atoms with Crippen LogP contribution < -0.4 is 5.32 Å². The van der Waals surface area contributed by atoms with Crippen LogP contribution in [0.1, 0.15) is 31.4 Å². The maximum Gasteiger partial charge on any atom is 0.231 e. The number of hydrogen-bond acceptors (Lipinski definition) is 3. The van der Waals surface area contributed by atoms with Crippen LogP contribution in [-0.2, 0) is 16.8 Å². The fourth-order valence-corrected chi connectivity index (χ4v) is 3.42. The van der Waals surface area contributed by atoms with Gasteiger partial charge in [0.15, 0.2) is 0 Å². The van der Waals surface area contributed by atoms with Crippen molar-refractivity contribution in [2.24, 2.45) is 5.41 Å². The summed E-state index contributed by atoms with van der Waals surface area (Å²) in [7, 11) is 0. The molecule has 1 saturated carbocycles. The minimum Gasteiger partial charge on any atom is -0.508 e. The Balaban J connectivity index is 1.83. The van der Waals surface area contributed by atoms with E-state index in [0.29, 0.717) is 17.5 Å². The van der Waals surface area contributed by atoms with Crippen molar-refractivity contribution >= 4 is 5.91 Å². The molecule has 2 aromatic carbocycles. The summed E-state index contributed by atoms with van der Waals surface area (Å²) in [5.41, 5.74) is -0.341. The normalized spacial score (nSPS) is 21.3. The summed E-state index contributed by atoms with van der Waals surface area (Å²) in [5, 5.41) is 21.9. The van der Waals surface area contributed by atoms with Crippen LogP contribution in [0.25, 0.3) is 0 Å². The molecule has 1 aliphatic carbocycles. The highest BCUT2D eigenvalue weighted by atomic mass is 19.1. The summed E-state index contributed by atoms with van der Waals surface area (Å²) in [6, 6.07) is 10.6. The second kappa shape index (κ2) is 5.51. The molecule has 3 rings (SSSR count). The fourth-order valence-electron chi connectivity index (χ4n) is 3.42. The Morgan fingerprint density at radius 1 is 1.21 bits per heavy atom. The zero-order chi connectivity index (χ0) is 17.5. The minimum absolute atomic E-state index is 0.0475. The third-order valence-electron chi connectivity index (χ3n) is 4.97. The van der Waals surface area contributed by atoms with Crippen molar-refractivity contribution in [3.05, 3.63) is 59.4 Å². The number of rotatable bonds is 4. The number of amides is 1. The highest BCUT2D eigenvalue weighted by molar-refractivity contribution is 5.93. The van der Waals surface area contributed by atoms with E-state index in [4.69, 9.17) is 0 Å². The summed E-state index contributed by atoms with van der Waals surface area (Å²) < 4.78 is 14.3. The van der Waals surface area contributed by atoms with Crippen molar-refractivity contribution < 1.29 is 19.4 Å². The fraction of sp³-hybridized carbons (Fsp3) is 0.316. The Morgan fingerprint density at radius 2 is 1.88 bits per heavy atom. The molecule has 1 amide bonds. The van der Waals surface area contributed by atoms with Crippen LogP contribution in [0.2, 0.25) is 0 Å². The second-order valence-electron chi connectivity index (χ2n) is 6.94. The first-order valence-corrected chi connectivity index (χ1v) is 7.82. The van der Waals surface area contributed by atoms with Gasteiger partial charge in [0.05, 0.1) is 5.41 Å². The van der Waals surface area contributed by atoms with E-state index in [-0.39, 0.29) is 35.2 Å². The number of hydrogen-bond donors (Lipinski definition) is 3. The number of aromatic hydroxyl groups is 2. The van der Waals surface area contributed by atoms with Crippen molar-refractivity contribution in [3.8, 4) is 11.5 Å². The Bertz CT molecular complexity index is 803. The molecular formula is C19H20FNO3. The topological polar surface area (TPSA) is 69.6 Å². The summed E-state index contributed by atoms with van der Waals surface area (Å²) in [6.07, 6.45) is 0.564. The van der Waals surface area contributed by atoms with E-state index in [1.165, 1.54) is 18.2 Å². The van der Waals surface area contributed by atoms with Crippen molar-refractivity contribution in [3.63, 3.8) is 0 Å². The van der Waals surface area contributed by atoms with Gasteiger partial charge in [0.25, 0.3) is 0 Å². The first kappa shape index (κ1) is 16.3. The van der Waals surface area contributed by atoms with Crippen LogP contribution in [0.3, 0.4) is 0 Å². The van der Waals surface area contributed by atoms with E-state index in [1.54, 1.807) is 24.3 Å². The summed E-state index contributed by atoms with van der Waals surface area (Å²) in [4.78, 5) is 12.8. The first-order chi connectivity index (χ1) is 11.3. The maximum absolute atomic E-state index is 14.3. The highest BCUT2D eigenvalue weighted by Crippen LogP contribution is 2.64. The van der Waals surface area contributed by atoms with E-state index in [0.717, 1.165) is 0 Å². The van der Waals surface area contributed by atoms with Gasteiger partial charge in [-0.25, -0.2) is 4.39 Å². The molecule has 2 aromatic rings. The van der Waals surface area contributed by atoms with Crippen LogP contribution in [0.5, 0.6) is 11.5 Å². The van der Waals surface area contributed by atoms with Gasteiger partial charge in [0.1, 0.15) is 17.3 Å². The van der Waals surface area contributed by atoms with E-state index in [2.05, 4.69) is 5.32 Å². The predicted octanol–water partition coefficient (Wildman–Crippen LogP) is 3.22. The van der Waals surface area contributed by atoms with Gasteiger partial charge in [-0.15, -0.1) is 0 Å². The number of benzene rings is 2. The molecule has 4 nitrogen and oxygen atoms in total. The quantitative estimate of drug-likeness (QED) is 0.807. The molecule has 0 spiro atoms. The highest BCUT2D eigenvalue weighted by Gasteiger charge is 2.67. The van der Waals surface area contributed by atoms with Crippen LogP contribution in [0.15, 0.2) is 42.5 Å². The molecule has 0 radical (unpaired) electrons. The lowest BCUT2D eigenvalue weighted by atomic mass is 9.86. The molecule has 1 atom stereocenters. The number of nitrogens with one attached hydrogen (secondary N) is 1. The SMILES string of the molecule is CC1(C)C[C@@]1(C(=O)NCc1ccc(O)cc1O)c1ccccc1F. The smallest absolute Gasteiger partial charge is 0.231 e. The molecular weight excluding hydrogens is 309 g/mol. The summed E-state index contributed by atoms with van der Waals surface area (Å²) in [5.74, 6) is -0.783. The van der Waals surface area contributed by atoms with Gasteiger partial charge in [-0.2, -0.15) is 0 Å². The maximum atomic E-state index is 14.3. The summed E-state index contributed by atoms with van der Waals surface area (Å²) >= 11 is 0. The molecule has 0 heterocycles. The first-order valence-electron chi connectivity index (χ1n) is 7.82. The standard InChI is InChI=1S/C19H20FNO3/c1-18(2)11-19(18,14-5-3-4-6-15(14)20)17(24)21-10-12-7-8-13(22)9-16(12)23/h3-9,22-23H,10-11H2,1-2H3,(H,21,24)/t19-/m0/s1. The Kier molecular flexibility index (Phi) is 3.74. The third-order valence-corrected chi connectivity index (χ3v) is 4.97. The molecule has 0 aromatic heterocycles. The van der Waals surface area contributed by atoms with Crippen molar-refractivity contribution in [2.75, 3.05) is 0 Å². The van der Waals surface area contributed by atoms with Gasteiger partial charge in [0.2, 0.25) is 5.91 Å². The van der Waals surface area contributed by atoms with Crippen LogP contribution in [-0.4, -0.2) is 16.1 Å². The number of phenols is 2. The Morgan fingerprint density at radius 3 is 2.46 bits per heavy atom. The molecule has 0 saturated heterocycles. The molecule has 3 N–H and O–H groups in total. The van der Waals surface area contributed by atoms with Gasteiger partial charge in [-0.3, -0.25) is 4.79 Å². The van der Waals surface area contributed by atoms with Crippen molar-refractivity contribution in [1.29, 1.82) is 0 Å². The second-order valence-corrected chi connectivity index (χ2v) is 6.94. The van der Waals surface area contributed by atoms with Crippen LogP contribution in [0.4, 0.5) is 4.39 Å². The largest absolute Gasteiger partial charge is 0.508 e. The van der Waals surface area contributed by atoms with Gasteiger partial charge in [-0.05, 0) is 30.0 Å². The Labute approximate surface area is 140 Å². The number of halogens is 1. The lowest BCUT2D eigenvalue weighted by Crippen LogP contribution is -2.38. The molecule has 0 bridgehead atoms. The monoisotopic (exact) mass is 329 g/mol. The van der Waals surface area contributed by atoms with Gasteiger partial charge < -0.3 is 15.5 Å². The van der Waals surface area contributed by atoms with Crippen LogP contribution >= 0.6 is 0 Å². The molecule has 0 aliphatic heterocycles. The lowest BCUT2D eigenvalue weighted by molar-refractivity contribution is -0.124. The van der Waals surface area contributed by atoms with E-state index >= 15 is 0 Å². The predicted molar refractivity (Wildman–Crippen MR) is 88.1 cm³/mol. The van der Waals surface area contributed by atoms with Crippen molar-refractivity contribution in [2.45, 2.75) is 32.2 Å². The van der Waals surface area contributed by atoms with Gasteiger partial charge in [0, 0.05) is 23.7 Å². The Hall–Kier alpha value is -2.56. The van der Waals surface area contributed by atoms with E-state index in [1.807, 2.05) is 13.8 Å². The summed E-state index contributed by atoms with van der Waals surface area (Å²) in [6.45, 7) is 3.99. The average Bonchev–Trinajstić information content (AvgIpc) is 3.10. The van der Waals surface area contributed by atoms with Crippen LogP contribution in [0, 0.1) is 11.2 Å². The molecule has 5 heteroatoms. The van der Waals surface area contributed by atoms with Crippen molar-refractivity contribution in [1.82, 2.24) is 5.32 Å². The molecule has 1 fully saturated rings. The number of carbonyl (C=O) groups is 1. The average molecular weight is 329 g/mol. The zero-order valence-electron chi connectivity index (χ0n) is 13.6.